The highest BCUT2D eigenvalue weighted by Crippen LogP contribution is 2.21. The number of hydrogen-bond donors (Lipinski definition) is 1. The van der Waals surface area contributed by atoms with E-state index < -0.39 is 10.2 Å². The highest BCUT2D eigenvalue weighted by atomic mass is 32.2. The van der Waals surface area contributed by atoms with Crippen molar-refractivity contribution in [1.82, 2.24) is 18.8 Å². The molecule has 0 spiro atoms. The summed E-state index contributed by atoms with van der Waals surface area (Å²) in [5.41, 5.74) is 1.14. The molecule has 8 heteroatoms. The molecule has 0 aromatic heterocycles. The second kappa shape index (κ2) is 9.34. The van der Waals surface area contributed by atoms with Gasteiger partial charge in [0.05, 0.1) is 6.54 Å². The van der Waals surface area contributed by atoms with E-state index in [0.717, 1.165) is 30.8 Å². The fourth-order valence-electron chi connectivity index (χ4n) is 3.01. The van der Waals surface area contributed by atoms with Gasteiger partial charge in [-0.15, -0.1) is 0 Å². The van der Waals surface area contributed by atoms with E-state index in [1.54, 1.807) is 18.4 Å². The van der Waals surface area contributed by atoms with Crippen LogP contribution in [0.2, 0.25) is 0 Å². The van der Waals surface area contributed by atoms with Crippen molar-refractivity contribution >= 4 is 16.2 Å². The Hall–Kier alpha value is -1.64. The van der Waals surface area contributed by atoms with Gasteiger partial charge in [-0.3, -0.25) is 0 Å². The van der Waals surface area contributed by atoms with Crippen molar-refractivity contribution in [2.75, 3.05) is 41.3 Å². The topological polar surface area (TPSA) is 68.2 Å². The van der Waals surface area contributed by atoms with Crippen LogP contribution in [0.3, 0.4) is 0 Å². The Kier molecular flexibility index (Phi) is 7.43. The molecule has 7 nitrogen and oxygen atoms in total. The molecule has 1 saturated heterocycles. The smallest absolute Gasteiger partial charge is 0.281 e. The Bertz CT molecular complexity index is 689. The van der Waals surface area contributed by atoms with E-state index in [-0.39, 0.29) is 6.04 Å². The second-order valence-electron chi connectivity index (χ2n) is 6.95. The average molecular weight is 382 g/mol. The monoisotopic (exact) mass is 381 g/mol. The Labute approximate surface area is 157 Å². The number of guanidine groups is 1. The lowest BCUT2D eigenvalue weighted by Crippen LogP contribution is -2.53. The lowest BCUT2D eigenvalue weighted by Gasteiger charge is -2.36. The fraction of sp³-hybridized carbons (Fsp3) is 0.611. The molecular weight excluding hydrogens is 350 g/mol. The van der Waals surface area contributed by atoms with Gasteiger partial charge in [0.25, 0.3) is 10.2 Å². The summed E-state index contributed by atoms with van der Waals surface area (Å²) in [4.78, 5) is 6.58. The largest absolute Gasteiger partial charge is 0.355 e. The predicted molar refractivity (Wildman–Crippen MR) is 106 cm³/mol. The summed E-state index contributed by atoms with van der Waals surface area (Å²) in [5.74, 6) is 0.765. The Morgan fingerprint density at radius 1 is 1.19 bits per heavy atom. The van der Waals surface area contributed by atoms with Crippen LogP contribution in [0.4, 0.5) is 0 Å². The molecule has 1 aliphatic rings. The standard InChI is InChI=1S/C18H31N5O2S/c1-21(2)18(19-14-16-10-6-5-7-11-16)20-15-17-12-8-9-13-23(17)26(24,25)22(3)4/h5-7,10-11,17H,8-9,12-15H2,1-4H3,(H,19,20). The molecule has 0 bridgehead atoms. The second-order valence-corrected chi connectivity index (χ2v) is 9.05. The van der Waals surface area contributed by atoms with Crippen molar-refractivity contribution in [3.63, 3.8) is 0 Å². The molecule has 1 aromatic rings. The van der Waals surface area contributed by atoms with E-state index in [1.165, 1.54) is 4.31 Å². The zero-order valence-corrected chi connectivity index (χ0v) is 17.0. The van der Waals surface area contributed by atoms with Crippen LogP contribution in [0.25, 0.3) is 0 Å². The Morgan fingerprint density at radius 3 is 2.50 bits per heavy atom. The first-order valence-corrected chi connectivity index (χ1v) is 10.4. The normalized spacial score (nSPS) is 19.6. The van der Waals surface area contributed by atoms with E-state index in [4.69, 9.17) is 0 Å². The zero-order chi connectivity index (χ0) is 19.2. The molecule has 0 saturated carbocycles. The molecule has 26 heavy (non-hydrogen) atoms. The molecule has 0 aliphatic carbocycles. The van der Waals surface area contributed by atoms with Gasteiger partial charge < -0.3 is 10.2 Å². The maximum absolute atomic E-state index is 12.6. The van der Waals surface area contributed by atoms with Crippen molar-refractivity contribution in [2.45, 2.75) is 31.8 Å². The van der Waals surface area contributed by atoms with Gasteiger partial charge in [-0.05, 0) is 18.4 Å². The summed E-state index contributed by atoms with van der Waals surface area (Å²) in [6.45, 7) is 1.72. The van der Waals surface area contributed by atoms with Crippen molar-refractivity contribution in [1.29, 1.82) is 0 Å². The summed E-state index contributed by atoms with van der Waals surface area (Å²) in [6, 6.07) is 10.0. The number of nitrogens with one attached hydrogen (secondary N) is 1. The van der Waals surface area contributed by atoms with Gasteiger partial charge in [-0.2, -0.15) is 17.0 Å². The summed E-state index contributed by atoms with van der Waals surface area (Å²) in [5, 5.41) is 3.35. The first-order valence-electron chi connectivity index (χ1n) is 9.01. The van der Waals surface area contributed by atoms with Crippen molar-refractivity contribution < 1.29 is 8.42 Å². The first-order chi connectivity index (χ1) is 12.3. The quantitative estimate of drug-likeness (QED) is 0.597. The minimum absolute atomic E-state index is 0.0574. The van der Waals surface area contributed by atoms with E-state index in [9.17, 15) is 8.42 Å². The summed E-state index contributed by atoms with van der Waals surface area (Å²) < 4.78 is 28.0. The maximum Gasteiger partial charge on any atom is 0.281 e. The molecule has 1 heterocycles. The van der Waals surface area contributed by atoms with Gasteiger partial charge in [0.1, 0.15) is 0 Å². The number of nitrogens with zero attached hydrogens (tertiary/aromatic N) is 4. The summed E-state index contributed by atoms with van der Waals surface area (Å²) in [7, 11) is 3.64. The average Bonchev–Trinajstić information content (AvgIpc) is 2.62. The first kappa shape index (κ1) is 20.7. The Balaban J connectivity index is 2.04. The van der Waals surface area contributed by atoms with Crippen LogP contribution >= 0.6 is 0 Å². The highest BCUT2D eigenvalue weighted by Gasteiger charge is 2.33. The van der Waals surface area contributed by atoms with E-state index >= 15 is 0 Å². The third-order valence-corrected chi connectivity index (χ3v) is 6.50. The molecular formula is C18H31N5O2S. The Morgan fingerprint density at radius 2 is 1.88 bits per heavy atom. The third kappa shape index (κ3) is 5.43. The maximum atomic E-state index is 12.6. The van der Waals surface area contributed by atoms with Crippen LogP contribution in [0.5, 0.6) is 0 Å². The van der Waals surface area contributed by atoms with Crippen LogP contribution in [-0.2, 0) is 16.8 Å². The molecule has 2 rings (SSSR count). The number of hydrogen-bond acceptors (Lipinski definition) is 3. The predicted octanol–water partition coefficient (Wildman–Crippen LogP) is 1.35. The van der Waals surface area contributed by atoms with Crippen molar-refractivity contribution in [3.05, 3.63) is 35.9 Å². The van der Waals surface area contributed by atoms with Gasteiger partial charge in [-0.25, -0.2) is 4.99 Å². The molecule has 1 atom stereocenters. The third-order valence-electron chi connectivity index (χ3n) is 4.50. The van der Waals surface area contributed by atoms with Crippen LogP contribution < -0.4 is 5.32 Å². The minimum Gasteiger partial charge on any atom is -0.355 e. The molecule has 1 unspecified atom stereocenters. The van der Waals surface area contributed by atoms with E-state index in [1.807, 2.05) is 49.3 Å². The molecule has 1 N–H and O–H groups in total. The van der Waals surface area contributed by atoms with E-state index in [0.29, 0.717) is 19.6 Å². The molecule has 1 aliphatic heterocycles. The lowest BCUT2D eigenvalue weighted by molar-refractivity contribution is 0.239. The SMILES string of the molecule is CN(C)C(=NCc1ccccc1)NCC1CCCCN1S(=O)(=O)N(C)C. The minimum atomic E-state index is -3.40. The number of rotatable bonds is 6. The van der Waals surface area contributed by atoms with Gasteiger partial charge in [0.15, 0.2) is 5.96 Å². The van der Waals surface area contributed by atoms with Crippen LogP contribution in [0, 0.1) is 0 Å². The zero-order valence-electron chi connectivity index (χ0n) is 16.2. The van der Waals surface area contributed by atoms with Gasteiger partial charge in [0, 0.05) is 47.3 Å². The lowest BCUT2D eigenvalue weighted by atomic mass is 10.1. The molecule has 1 aromatic carbocycles. The fourth-order valence-corrected chi connectivity index (χ4v) is 4.34. The number of benzene rings is 1. The van der Waals surface area contributed by atoms with E-state index in [2.05, 4.69) is 10.3 Å². The molecule has 0 radical (unpaired) electrons. The summed E-state index contributed by atoms with van der Waals surface area (Å²) >= 11 is 0. The van der Waals surface area contributed by atoms with Gasteiger partial charge in [-0.1, -0.05) is 36.8 Å². The summed E-state index contributed by atoms with van der Waals surface area (Å²) in [6.07, 6.45) is 2.82. The molecule has 0 amide bonds. The molecule has 1 fully saturated rings. The van der Waals surface area contributed by atoms with Crippen molar-refractivity contribution in [2.24, 2.45) is 4.99 Å². The number of piperidine rings is 1. The highest BCUT2D eigenvalue weighted by molar-refractivity contribution is 7.86. The number of aliphatic imine (C=N–C) groups is 1. The van der Waals surface area contributed by atoms with Crippen LogP contribution in [-0.4, -0.2) is 75.2 Å². The van der Waals surface area contributed by atoms with Crippen LogP contribution in [0.15, 0.2) is 35.3 Å². The van der Waals surface area contributed by atoms with Crippen LogP contribution in [0.1, 0.15) is 24.8 Å². The van der Waals surface area contributed by atoms with Crippen molar-refractivity contribution in [3.8, 4) is 0 Å². The van der Waals surface area contributed by atoms with Gasteiger partial charge in [0.2, 0.25) is 0 Å². The molecule has 146 valence electrons. The van der Waals surface area contributed by atoms with Gasteiger partial charge >= 0.3 is 0 Å².